The Labute approximate surface area is 209 Å². The largest absolute Gasteiger partial charge is 0.497 e. The number of benzene rings is 2. The van der Waals surface area contributed by atoms with Crippen molar-refractivity contribution in [3.05, 3.63) is 65.2 Å². The maximum Gasteiger partial charge on any atom is 0.253 e. The zero-order valence-corrected chi connectivity index (χ0v) is 22.2. The first-order chi connectivity index (χ1) is 15.0. The van der Waals surface area contributed by atoms with Gasteiger partial charge in [-0.2, -0.15) is 0 Å². The van der Waals surface area contributed by atoms with Crippen LogP contribution < -0.4 is 15.4 Å². The Hall–Kier alpha value is -2.29. The van der Waals surface area contributed by atoms with Crippen LogP contribution in [0.25, 0.3) is 0 Å². The normalized spacial score (nSPS) is 11.8. The minimum atomic E-state index is 0. The van der Waals surface area contributed by atoms with E-state index < -0.39 is 0 Å². The number of hydrogen-bond acceptors (Lipinski definition) is 3. The van der Waals surface area contributed by atoms with Crippen LogP contribution in [-0.4, -0.2) is 50.6 Å². The number of guanidine groups is 1. The summed E-state index contributed by atoms with van der Waals surface area (Å²) in [5.74, 6) is 2.16. The molecule has 2 aromatic carbocycles. The van der Waals surface area contributed by atoms with E-state index in [1.807, 2.05) is 55.1 Å². The van der Waals surface area contributed by atoms with Crippen LogP contribution in [0.2, 0.25) is 0 Å². The number of hydrogen-bond donors (Lipinski definition) is 2. The van der Waals surface area contributed by atoms with Crippen molar-refractivity contribution in [1.29, 1.82) is 0 Å². The zero-order chi connectivity index (χ0) is 22.6. The smallest absolute Gasteiger partial charge is 0.253 e. The van der Waals surface area contributed by atoms with Crippen LogP contribution in [0.1, 0.15) is 54.6 Å². The highest BCUT2D eigenvalue weighted by atomic mass is 127. The molecule has 0 saturated carbocycles. The maximum atomic E-state index is 12.4. The van der Waals surface area contributed by atoms with Gasteiger partial charge in [0.15, 0.2) is 5.96 Å². The summed E-state index contributed by atoms with van der Waals surface area (Å²) in [6.07, 6.45) is 0.995. The molecule has 6 nitrogen and oxygen atoms in total. The third-order valence-electron chi connectivity index (χ3n) is 5.49. The van der Waals surface area contributed by atoms with Gasteiger partial charge in [0.1, 0.15) is 5.75 Å². The van der Waals surface area contributed by atoms with E-state index in [0.717, 1.165) is 48.9 Å². The Morgan fingerprint density at radius 3 is 2.19 bits per heavy atom. The molecule has 0 aliphatic heterocycles. The minimum absolute atomic E-state index is 0. The summed E-state index contributed by atoms with van der Waals surface area (Å²) in [6.45, 7) is 9.12. The second-order valence-corrected chi connectivity index (χ2v) is 7.49. The summed E-state index contributed by atoms with van der Waals surface area (Å²) in [6, 6.07) is 16.0. The molecule has 1 unspecified atom stereocenters. The number of ether oxygens (including phenoxy) is 1. The second kappa shape index (κ2) is 14.7. The molecule has 7 heteroatoms. The van der Waals surface area contributed by atoms with E-state index in [4.69, 9.17) is 4.74 Å². The average molecular weight is 553 g/mol. The first-order valence-corrected chi connectivity index (χ1v) is 11.0. The van der Waals surface area contributed by atoms with Crippen LogP contribution in [0.4, 0.5) is 0 Å². The Balaban J connectivity index is 0.00000512. The number of carbonyl (C=O) groups excluding carboxylic acids is 1. The third-order valence-corrected chi connectivity index (χ3v) is 5.49. The van der Waals surface area contributed by atoms with E-state index in [1.165, 1.54) is 5.56 Å². The molecule has 2 rings (SSSR count). The number of carbonyl (C=O) groups is 1. The Morgan fingerprint density at radius 1 is 1.03 bits per heavy atom. The van der Waals surface area contributed by atoms with Gasteiger partial charge < -0.3 is 20.3 Å². The molecule has 0 radical (unpaired) electrons. The fraction of sp³-hybridized carbons (Fsp3) is 0.440. The average Bonchev–Trinajstić information content (AvgIpc) is 2.82. The molecule has 1 atom stereocenters. The molecule has 2 N–H and O–H groups in total. The summed E-state index contributed by atoms with van der Waals surface area (Å²) in [4.78, 5) is 18.5. The number of nitrogens with one attached hydrogen (secondary N) is 2. The van der Waals surface area contributed by atoms with E-state index in [9.17, 15) is 4.79 Å². The summed E-state index contributed by atoms with van der Waals surface area (Å²) in [5.41, 5.74) is 3.12. The van der Waals surface area contributed by atoms with Gasteiger partial charge in [-0.3, -0.25) is 9.79 Å². The van der Waals surface area contributed by atoms with Gasteiger partial charge in [0.25, 0.3) is 5.91 Å². The summed E-state index contributed by atoms with van der Waals surface area (Å²) in [7, 11) is 3.45. The SMILES string of the molecule is CCN(CC)C(=O)c1ccc(CNC(=NC)NCCC(C)c2ccc(OC)cc2)cc1.I. The molecule has 0 fully saturated rings. The molecule has 0 aromatic heterocycles. The van der Waals surface area contributed by atoms with Crippen molar-refractivity contribution in [3.8, 4) is 5.75 Å². The number of nitrogens with zero attached hydrogens (tertiary/aromatic N) is 2. The molecule has 0 bridgehead atoms. The molecular weight excluding hydrogens is 515 g/mol. The van der Waals surface area contributed by atoms with Crippen LogP contribution in [0.5, 0.6) is 5.75 Å². The van der Waals surface area contributed by atoms with Crippen molar-refractivity contribution in [2.75, 3.05) is 33.8 Å². The van der Waals surface area contributed by atoms with Crippen molar-refractivity contribution in [2.45, 2.75) is 39.7 Å². The zero-order valence-electron chi connectivity index (χ0n) is 19.9. The highest BCUT2D eigenvalue weighted by Crippen LogP contribution is 2.21. The molecule has 0 aliphatic rings. The summed E-state index contributed by atoms with van der Waals surface area (Å²) < 4.78 is 5.22. The van der Waals surface area contributed by atoms with Crippen molar-refractivity contribution in [2.24, 2.45) is 4.99 Å². The van der Waals surface area contributed by atoms with E-state index in [0.29, 0.717) is 12.5 Å². The van der Waals surface area contributed by atoms with Crippen LogP contribution in [0.15, 0.2) is 53.5 Å². The number of rotatable bonds is 10. The van der Waals surface area contributed by atoms with Crippen LogP contribution >= 0.6 is 24.0 Å². The van der Waals surface area contributed by atoms with Crippen LogP contribution in [-0.2, 0) is 6.54 Å². The van der Waals surface area contributed by atoms with E-state index in [1.54, 1.807) is 14.2 Å². The number of aliphatic imine (C=N–C) groups is 1. The van der Waals surface area contributed by atoms with Gasteiger partial charge in [-0.15, -0.1) is 24.0 Å². The topological polar surface area (TPSA) is 66.0 Å². The maximum absolute atomic E-state index is 12.4. The number of halogens is 1. The molecule has 176 valence electrons. The number of methoxy groups -OCH3 is 1. The highest BCUT2D eigenvalue weighted by Gasteiger charge is 2.12. The molecule has 32 heavy (non-hydrogen) atoms. The lowest BCUT2D eigenvalue weighted by Gasteiger charge is -2.18. The fourth-order valence-electron chi connectivity index (χ4n) is 3.37. The van der Waals surface area contributed by atoms with Crippen molar-refractivity contribution >= 4 is 35.8 Å². The predicted molar refractivity (Wildman–Crippen MR) is 143 cm³/mol. The van der Waals surface area contributed by atoms with E-state index in [2.05, 4.69) is 34.7 Å². The lowest BCUT2D eigenvalue weighted by atomic mass is 9.98. The highest BCUT2D eigenvalue weighted by molar-refractivity contribution is 14.0. The monoisotopic (exact) mass is 552 g/mol. The van der Waals surface area contributed by atoms with Gasteiger partial charge in [0.05, 0.1) is 7.11 Å². The Morgan fingerprint density at radius 2 is 1.66 bits per heavy atom. The predicted octanol–water partition coefficient (Wildman–Crippen LogP) is 4.65. The van der Waals surface area contributed by atoms with Gasteiger partial charge in [0, 0.05) is 38.8 Å². The third kappa shape index (κ3) is 8.33. The number of amides is 1. The Kier molecular flexibility index (Phi) is 12.8. The molecule has 0 saturated heterocycles. The fourth-order valence-corrected chi connectivity index (χ4v) is 3.37. The standard InChI is InChI=1S/C25H36N4O2.HI/c1-6-29(7-2)24(30)22-10-8-20(9-11-22)18-28-25(26-4)27-17-16-19(3)21-12-14-23(31-5)15-13-21;/h8-15,19H,6-7,16-18H2,1-5H3,(H2,26,27,28);1H. The summed E-state index contributed by atoms with van der Waals surface area (Å²) in [5, 5.41) is 6.71. The Bertz CT molecular complexity index is 834. The molecule has 0 spiro atoms. The first kappa shape index (κ1) is 27.7. The van der Waals surface area contributed by atoms with E-state index >= 15 is 0 Å². The van der Waals surface area contributed by atoms with Gasteiger partial charge >= 0.3 is 0 Å². The molecule has 2 aromatic rings. The minimum Gasteiger partial charge on any atom is -0.497 e. The second-order valence-electron chi connectivity index (χ2n) is 7.49. The molecular formula is C25H37IN4O2. The van der Waals surface area contributed by atoms with Crippen molar-refractivity contribution in [3.63, 3.8) is 0 Å². The van der Waals surface area contributed by atoms with Crippen molar-refractivity contribution in [1.82, 2.24) is 15.5 Å². The molecule has 1 amide bonds. The molecule has 0 aliphatic carbocycles. The van der Waals surface area contributed by atoms with Gasteiger partial charge in [-0.1, -0.05) is 31.2 Å². The van der Waals surface area contributed by atoms with Gasteiger partial charge in [-0.05, 0) is 61.6 Å². The quantitative estimate of drug-likeness (QED) is 0.256. The van der Waals surface area contributed by atoms with E-state index in [-0.39, 0.29) is 29.9 Å². The first-order valence-electron chi connectivity index (χ1n) is 11.0. The van der Waals surface area contributed by atoms with Gasteiger partial charge in [0.2, 0.25) is 0 Å². The molecule has 0 heterocycles. The van der Waals surface area contributed by atoms with Gasteiger partial charge in [-0.25, -0.2) is 0 Å². The van der Waals surface area contributed by atoms with Crippen LogP contribution in [0.3, 0.4) is 0 Å². The van der Waals surface area contributed by atoms with Crippen molar-refractivity contribution < 1.29 is 9.53 Å². The lowest BCUT2D eigenvalue weighted by molar-refractivity contribution is 0.0773. The summed E-state index contributed by atoms with van der Waals surface area (Å²) >= 11 is 0. The lowest BCUT2D eigenvalue weighted by Crippen LogP contribution is -2.37. The van der Waals surface area contributed by atoms with Crippen LogP contribution in [0, 0.1) is 0 Å².